The van der Waals surface area contributed by atoms with E-state index in [4.69, 9.17) is 0 Å². The van der Waals surface area contributed by atoms with Crippen molar-refractivity contribution < 1.29 is 13.0 Å². The Kier molecular flexibility index (Phi) is 5.38. The van der Waals surface area contributed by atoms with Crippen LogP contribution < -0.4 is 4.72 Å². The number of rotatable bonds is 5. The number of nitrogens with one attached hydrogen (secondary N) is 1. The largest absolute Gasteiger partial charge is 0.242 e. The van der Waals surface area contributed by atoms with Crippen LogP contribution in [0.4, 0.5) is 8.78 Å². The minimum absolute atomic E-state index is 0.426. The van der Waals surface area contributed by atoms with Gasteiger partial charge in [0.1, 0.15) is 11.6 Å². The van der Waals surface area contributed by atoms with Crippen LogP contribution in [0.2, 0.25) is 0 Å². The zero-order chi connectivity index (χ0) is 14.6. The Labute approximate surface area is 115 Å². The topological polar surface area (TPSA) is 29.1 Å². The molecule has 0 radical (unpaired) electrons. The van der Waals surface area contributed by atoms with Gasteiger partial charge in [0.2, 0.25) is 0 Å². The molecule has 0 aliphatic heterocycles. The second-order valence-electron chi connectivity index (χ2n) is 5.28. The Morgan fingerprint density at radius 1 is 1.32 bits per heavy atom. The molecule has 2 atom stereocenters. The highest BCUT2D eigenvalue weighted by atomic mass is 32.2. The van der Waals surface area contributed by atoms with Crippen LogP contribution >= 0.6 is 0 Å². The average Bonchev–Trinajstić information content (AvgIpc) is 2.25. The summed E-state index contributed by atoms with van der Waals surface area (Å²) >= 11 is 0. The molecule has 0 aromatic heterocycles. The number of hydrogen-bond acceptors (Lipinski definition) is 1. The Morgan fingerprint density at radius 3 is 2.26 bits per heavy atom. The molecule has 0 saturated heterocycles. The van der Waals surface area contributed by atoms with Crippen molar-refractivity contribution in [2.24, 2.45) is 0 Å². The van der Waals surface area contributed by atoms with Crippen LogP contribution in [0.15, 0.2) is 30.9 Å². The van der Waals surface area contributed by atoms with E-state index in [1.165, 1.54) is 12.1 Å². The van der Waals surface area contributed by atoms with Gasteiger partial charge in [0.05, 0.1) is 15.7 Å². The highest BCUT2D eigenvalue weighted by Gasteiger charge is 2.23. The maximum absolute atomic E-state index is 13.2. The maximum atomic E-state index is 13.2. The Hall–Kier alpha value is -1.07. The summed E-state index contributed by atoms with van der Waals surface area (Å²) < 4.78 is 41.0. The van der Waals surface area contributed by atoms with Crippen LogP contribution in [0, 0.1) is 11.6 Å². The van der Waals surface area contributed by atoms with Gasteiger partial charge in [-0.1, -0.05) is 6.08 Å². The highest BCUT2D eigenvalue weighted by molar-refractivity contribution is 7.84. The molecule has 0 aliphatic rings. The van der Waals surface area contributed by atoms with Crippen LogP contribution in [0.3, 0.4) is 0 Å². The van der Waals surface area contributed by atoms with E-state index in [0.29, 0.717) is 12.0 Å². The van der Waals surface area contributed by atoms with E-state index in [-0.39, 0.29) is 0 Å². The normalized spacial score (nSPS) is 15.0. The first-order valence-electron chi connectivity index (χ1n) is 5.99. The predicted octanol–water partition coefficient (Wildman–Crippen LogP) is 3.63. The lowest BCUT2D eigenvalue weighted by Crippen LogP contribution is -2.35. The summed E-state index contributed by atoms with van der Waals surface area (Å²) in [6.07, 6.45) is 2.06. The molecule has 1 aromatic carbocycles. The fourth-order valence-corrected chi connectivity index (χ4v) is 2.35. The molecule has 5 heteroatoms. The third-order valence-corrected chi connectivity index (χ3v) is 4.11. The van der Waals surface area contributed by atoms with Gasteiger partial charge in [-0.15, -0.1) is 6.58 Å². The van der Waals surface area contributed by atoms with Crippen molar-refractivity contribution in [2.45, 2.75) is 38.0 Å². The van der Waals surface area contributed by atoms with Gasteiger partial charge >= 0.3 is 0 Å². The lowest BCUT2D eigenvalue weighted by molar-refractivity contribution is 0.563. The van der Waals surface area contributed by atoms with Gasteiger partial charge in [0, 0.05) is 12.1 Å². The van der Waals surface area contributed by atoms with E-state index in [9.17, 15) is 13.0 Å². The smallest absolute Gasteiger partial charge is 0.126 e. The van der Waals surface area contributed by atoms with Gasteiger partial charge in [0.15, 0.2) is 0 Å². The van der Waals surface area contributed by atoms with Crippen molar-refractivity contribution >= 4 is 11.0 Å². The third kappa shape index (κ3) is 4.84. The first kappa shape index (κ1) is 16.0. The Bertz CT molecular complexity index is 463. The summed E-state index contributed by atoms with van der Waals surface area (Å²) in [4.78, 5) is 0. The second-order valence-corrected chi connectivity index (χ2v) is 7.28. The third-order valence-electron chi connectivity index (χ3n) is 2.50. The monoisotopic (exact) mass is 287 g/mol. The molecule has 0 spiro atoms. The van der Waals surface area contributed by atoms with E-state index < -0.39 is 33.4 Å². The van der Waals surface area contributed by atoms with Crippen LogP contribution in [0.5, 0.6) is 0 Å². The summed E-state index contributed by atoms with van der Waals surface area (Å²) in [5.74, 6) is -1.29. The summed E-state index contributed by atoms with van der Waals surface area (Å²) in [6.45, 7) is 9.09. The van der Waals surface area contributed by atoms with E-state index in [0.717, 1.165) is 6.07 Å². The zero-order valence-corrected chi connectivity index (χ0v) is 12.2. The fourth-order valence-electron chi connectivity index (χ4n) is 1.50. The molecular weight excluding hydrogens is 268 g/mol. The highest BCUT2D eigenvalue weighted by Crippen LogP contribution is 2.22. The lowest BCUT2D eigenvalue weighted by Gasteiger charge is -2.24. The van der Waals surface area contributed by atoms with Gasteiger partial charge in [-0.05, 0) is 44.9 Å². The number of benzene rings is 1. The van der Waals surface area contributed by atoms with Crippen LogP contribution in [-0.2, 0) is 11.0 Å². The number of hydrogen-bond donors (Lipinski definition) is 1. The summed E-state index contributed by atoms with van der Waals surface area (Å²) in [6, 6.07) is 2.87. The summed E-state index contributed by atoms with van der Waals surface area (Å²) in [5.41, 5.74) is 0.426. The molecule has 1 aromatic rings. The maximum Gasteiger partial charge on any atom is 0.126 e. The van der Waals surface area contributed by atoms with E-state index in [2.05, 4.69) is 11.3 Å². The SMILES string of the molecule is C=CCC(NS(=O)C(C)(C)C)c1cc(F)cc(F)c1. The summed E-state index contributed by atoms with van der Waals surface area (Å²) in [7, 11) is -1.33. The van der Waals surface area contributed by atoms with Gasteiger partial charge in [-0.2, -0.15) is 0 Å². The van der Waals surface area contributed by atoms with Gasteiger partial charge in [-0.25, -0.2) is 17.7 Å². The molecule has 106 valence electrons. The van der Waals surface area contributed by atoms with Gasteiger partial charge in [-0.3, -0.25) is 0 Å². The summed E-state index contributed by atoms with van der Waals surface area (Å²) in [5, 5.41) is 0. The molecule has 0 saturated carbocycles. The molecule has 0 aliphatic carbocycles. The van der Waals surface area contributed by atoms with Crippen LogP contribution in [-0.4, -0.2) is 8.96 Å². The molecular formula is C14H19F2NOS. The molecule has 2 nitrogen and oxygen atoms in total. The number of halogens is 2. The van der Waals surface area contributed by atoms with Crippen molar-refractivity contribution in [3.63, 3.8) is 0 Å². The second kappa shape index (κ2) is 6.39. The standard InChI is InChI=1S/C14H19F2NOS/c1-5-6-13(17-19(18)14(2,3)4)10-7-11(15)9-12(16)8-10/h5,7-9,13,17H,1,6H2,2-4H3. The molecule has 19 heavy (non-hydrogen) atoms. The first-order valence-corrected chi connectivity index (χ1v) is 7.14. The molecule has 2 unspecified atom stereocenters. The van der Waals surface area contributed by atoms with Gasteiger partial charge < -0.3 is 0 Å². The molecule has 1 rings (SSSR count). The van der Waals surface area contributed by atoms with Crippen molar-refractivity contribution in [1.82, 2.24) is 4.72 Å². The van der Waals surface area contributed by atoms with E-state index >= 15 is 0 Å². The van der Waals surface area contributed by atoms with Crippen LogP contribution in [0.1, 0.15) is 38.8 Å². The van der Waals surface area contributed by atoms with Crippen LogP contribution in [0.25, 0.3) is 0 Å². The van der Waals surface area contributed by atoms with Gasteiger partial charge in [0.25, 0.3) is 0 Å². The van der Waals surface area contributed by atoms with E-state index in [1.807, 2.05) is 20.8 Å². The molecule has 0 bridgehead atoms. The van der Waals surface area contributed by atoms with Crippen molar-refractivity contribution in [3.8, 4) is 0 Å². The Morgan fingerprint density at radius 2 is 1.84 bits per heavy atom. The van der Waals surface area contributed by atoms with Crippen molar-refractivity contribution in [3.05, 3.63) is 48.1 Å². The molecule has 0 fully saturated rings. The molecule has 0 amide bonds. The molecule has 1 N–H and O–H groups in total. The fraction of sp³-hybridized carbons (Fsp3) is 0.429. The minimum Gasteiger partial charge on any atom is -0.242 e. The Balaban J connectivity index is 3.00. The van der Waals surface area contributed by atoms with Crippen molar-refractivity contribution in [2.75, 3.05) is 0 Å². The average molecular weight is 287 g/mol. The lowest BCUT2D eigenvalue weighted by atomic mass is 10.0. The van der Waals surface area contributed by atoms with E-state index in [1.54, 1.807) is 6.08 Å². The predicted molar refractivity (Wildman–Crippen MR) is 74.9 cm³/mol. The van der Waals surface area contributed by atoms with Crippen molar-refractivity contribution in [1.29, 1.82) is 0 Å². The first-order chi connectivity index (χ1) is 8.74. The molecule has 0 heterocycles. The zero-order valence-electron chi connectivity index (χ0n) is 11.4. The minimum atomic E-state index is -1.33. The quantitative estimate of drug-likeness (QED) is 0.823.